The van der Waals surface area contributed by atoms with Crippen LogP contribution in [0, 0.1) is 17.6 Å². The Morgan fingerprint density at radius 2 is 2.05 bits per heavy atom. The highest BCUT2D eigenvalue weighted by molar-refractivity contribution is 7.85. The largest absolute Gasteiger partial charge is 0.313 e. The van der Waals surface area contributed by atoms with Crippen LogP contribution in [0.5, 0.6) is 0 Å². The maximum Gasteiger partial charge on any atom is 0.160 e. The summed E-state index contributed by atoms with van der Waals surface area (Å²) < 4.78 is 39.1. The molecule has 4 atom stereocenters. The van der Waals surface area contributed by atoms with Gasteiger partial charge in [0.15, 0.2) is 11.6 Å². The normalized spacial score (nSPS) is 27.5. The molecule has 4 unspecified atom stereocenters. The van der Waals surface area contributed by atoms with Gasteiger partial charge in [0, 0.05) is 10.9 Å². The highest BCUT2D eigenvalue weighted by Crippen LogP contribution is 2.30. The Morgan fingerprint density at radius 1 is 1.29 bits per heavy atom. The van der Waals surface area contributed by atoms with Gasteiger partial charge in [-0.1, -0.05) is 13.8 Å². The third-order valence-electron chi connectivity index (χ3n) is 4.11. The van der Waals surface area contributed by atoms with Gasteiger partial charge in [-0.15, -0.1) is 0 Å². The van der Waals surface area contributed by atoms with Crippen molar-refractivity contribution in [1.82, 2.24) is 5.32 Å². The summed E-state index contributed by atoms with van der Waals surface area (Å²) in [6.45, 7) is 5.15. The lowest BCUT2D eigenvalue weighted by Gasteiger charge is -2.35. The van der Waals surface area contributed by atoms with Crippen LogP contribution in [0.3, 0.4) is 0 Å². The molecule has 118 valence electrons. The number of benzene rings is 1. The van der Waals surface area contributed by atoms with Crippen LogP contribution in [-0.2, 0) is 10.8 Å². The minimum absolute atomic E-state index is 0.0369. The molecular formula is C16H23F2NOS. The first-order chi connectivity index (χ1) is 10.0. The van der Waals surface area contributed by atoms with Crippen molar-refractivity contribution >= 4 is 10.8 Å². The van der Waals surface area contributed by atoms with Crippen LogP contribution in [-0.4, -0.2) is 22.0 Å². The highest BCUT2D eigenvalue weighted by atomic mass is 32.2. The van der Waals surface area contributed by atoms with E-state index in [4.69, 9.17) is 0 Å². The van der Waals surface area contributed by atoms with Gasteiger partial charge in [-0.25, -0.2) is 8.78 Å². The minimum Gasteiger partial charge on any atom is -0.313 e. The summed E-state index contributed by atoms with van der Waals surface area (Å²) in [5.41, 5.74) is 0. The van der Waals surface area contributed by atoms with E-state index in [1.54, 1.807) is 0 Å². The lowest BCUT2D eigenvalue weighted by molar-refractivity contribution is 0.313. The fourth-order valence-electron chi connectivity index (χ4n) is 2.91. The molecule has 1 saturated carbocycles. The van der Waals surface area contributed by atoms with E-state index in [9.17, 15) is 13.0 Å². The van der Waals surface area contributed by atoms with Crippen molar-refractivity contribution < 1.29 is 13.0 Å². The Labute approximate surface area is 127 Å². The summed E-state index contributed by atoms with van der Waals surface area (Å²) in [5, 5.41) is 3.42. The second kappa shape index (κ2) is 7.45. The van der Waals surface area contributed by atoms with Gasteiger partial charge in [-0.2, -0.15) is 0 Å². The Bertz CT molecular complexity index is 507. The van der Waals surface area contributed by atoms with E-state index in [1.165, 1.54) is 6.07 Å². The van der Waals surface area contributed by atoms with Gasteiger partial charge in [0.2, 0.25) is 0 Å². The molecule has 0 radical (unpaired) electrons. The van der Waals surface area contributed by atoms with Crippen molar-refractivity contribution in [1.29, 1.82) is 0 Å². The fraction of sp³-hybridized carbons (Fsp3) is 0.625. The molecule has 5 heteroatoms. The molecule has 1 fully saturated rings. The van der Waals surface area contributed by atoms with E-state index in [1.807, 2.05) is 0 Å². The Kier molecular flexibility index (Phi) is 5.88. The average molecular weight is 315 g/mol. The van der Waals surface area contributed by atoms with E-state index in [0.717, 1.165) is 44.4 Å². The summed E-state index contributed by atoms with van der Waals surface area (Å²) in [7, 11) is -1.31. The molecule has 1 N–H and O–H groups in total. The lowest BCUT2D eigenvalue weighted by Crippen LogP contribution is -2.46. The topological polar surface area (TPSA) is 29.1 Å². The van der Waals surface area contributed by atoms with E-state index in [0.29, 0.717) is 10.8 Å². The predicted octanol–water partition coefficient (Wildman–Crippen LogP) is 3.63. The summed E-state index contributed by atoms with van der Waals surface area (Å²) >= 11 is 0. The molecule has 0 aliphatic heterocycles. The van der Waals surface area contributed by atoms with Gasteiger partial charge in [-0.3, -0.25) is 4.21 Å². The molecule has 1 aromatic carbocycles. The van der Waals surface area contributed by atoms with Gasteiger partial charge >= 0.3 is 0 Å². The number of hydrogen-bond donors (Lipinski definition) is 1. The Balaban J connectivity index is 2.17. The molecule has 0 amide bonds. The number of nitrogens with one attached hydrogen (secondary N) is 1. The van der Waals surface area contributed by atoms with Crippen molar-refractivity contribution in [3.63, 3.8) is 0 Å². The molecule has 0 bridgehead atoms. The van der Waals surface area contributed by atoms with E-state index in [2.05, 4.69) is 19.2 Å². The molecule has 0 saturated heterocycles. The highest BCUT2D eigenvalue weighted by Gasteiger charge is 2.33. The molecule has 21 heavy (non-hydrogen) atoms. The average Bonchev–Trinajstić information content (AvgIpc) is 2.48. The third-order valence-corrected chi connectivity index (χ3v) is 5.90. The summed E-state index contributed by atoms with van der Waals surface area (Å²) in [5.74, 6) is -1.31. The van der Waals surface area contributed by atoms with Gasteiger partial charge in [0.05, 0.1) is 16.0 Å². The molecule has 1 aromatic rings. The van der Waals surface area contributed by atoms with E-state index in [-0.39, 0.29) is 11.3 Å². The SMILES string of the molecule is CCCNC1CCC(C)CC1S(=O)c1ccc(F)c(F)c1. The zero-order chi connectivity index (χ0) is 15.4. The zero-order valence-corrected chi connectivity index (χ0v) is 13.4. The van der Waals surface area contributed by atoms with Crippen molar-refractivity contribution in [2.24, 2.45) is 5.92 Å². The fourth-order valence-corrected chi connectivity index (χ4v) is 4.71. The van der Waals surface area contributed by atoms with Gasteiger partial charge < -0.3 is 5.32 Å². The van der Waals surface area contributed by atoms with E-state index >= 15 is 0 Å². The molecule has 0 spiro atoms. The van der Waals surface area contributed by atoms with Gasteiger partial charge in [0.25, 0.3) is 0 Å². The van der Waals surface area contributed by atoms with Crippen LogP contribution in [0.15, 0.2) is 23.1 Å². The third kappa shape index (κ3) is 4.10. The molecular weight excluding hydrogens is 292 g/mol. The number of hydrogen-bond acceptors (Lipinski definition) is 2. The van der Waals surface area contributed by atoms with Crippen LogP contribution in [0.1, 0.15) is 39.5 Å². The minimum atomic E-state index is -1.31. The lowest BCUT2D eigenvalue weighted by atomic mass is 9.87. The summed E-state index contributed by atoms with van der Waals surface area (Å²) in [6.07, 6.45) is 3.98. The maximum atomic E-state index is 13.4. The Morgan fingerprint density at radius 3 is 2.71 bits per heavy atom. The summed E-state index contributed by atoms with van der Waals surface area (Å²) in [4.78, 5) is 0.385. The van der Waals surface area contributed by atoms with Gasteiger partial charge in [0.1, 0.15) is 0 Å². The van der Waals surface area contributed by atoms with Crippen molar-refractivity contribution in [2.75, 3.05) is 6.54 Å². The number of rotatable bonds is 5. The summed E-state index contributed by atoms with van der Waals surface area (Å²) in [6, 6.07) is 3.75. The molecule has 2 rings (SSSR count). The maximum absolute atomic E-state index is 13.4. The standard InChI is InChI=1S/C16H23F2NOS/c1-3-8-19-15-7-4-11(2)9-16(15)21(20)12-5-6-13(17)14(18)10-12/h5-6,10-11,15-16,19H,3-4,7-9H2,1-2H3. The van der Waals surface area contributed by atoms with Crippen molar-refractivity contribution in [2.45, 2.75) is 55.7 Å². The van der Waals surface area contributed by atoms with Crippen LogP contribution in [0.25, 0.3) is 0 Å². The second-order valence-corrected chi connectivity index (χ2v) is 7.56. The molecule has 1 aliphatic rings. The van der Waals surface area contributed by atoms with Gasteiger partial charge in [-0.05, 0) is 56.3 Å². The van der Waals surface area contributed by atoms with Crippen LogP contribution in [0.4, 0.5) is 8.78 Å². The zero-order valence-electron chi connectivity index (χ0n) is 12.6. The molecule has 0 aromatic heterocycles. The first-order valence-corrected chi connectivity index (χ1v) is 8.83. The second-order valence-electron chi connectivity index (χ2n) is 5.89. The molecule has 0 heterocycles. The molecule has 2 nitrogen and oxygen atoms in total. The predicted molar refractivity (Wildman–Crippen MR) is 81.7 cm³/mol. The van der Waals surface area contributed by atoms with Crippen molar-refractivity contribution in [3.05, 3.63) is 29.8 Å². The monoisotopic (exact) mass is 315 g/mol. The smallest absolute Gasteiger partial charge is 0.160 e. The Hall–Kier alpha value is -0.810. The number of halogens is 2. The first-order valence-electron chi connectivity index (χ1n) is 7.62. The van der Waals surface area contributed by atoms with Crippen LogP contribution < -0.4 is 5.32 Å². The van der Waals surface area contributed by atoms with E-state index < -0.39 is 22.4 Å². The molecule has 1 aliphatic carbocycles. The quantitative estimate of drug-likeness (QED) is 0.899. The van der Waals surface area contributed by atoms with Crippen LogP contribution >= 0.6 is 0 Å². The van der Waals surface area contributed by atoms with Crippen LogP contribution in [0.2, 0.25) is 0 Å². The van der Waals surface area contributed by atoms with Crippen molar-refractivity contribution in [3.8, 4) is 0 Å². The first kappa shape index (κ1) is 16.6.